The lowest BCUT2D eigenvalue weighted by Crippen LogP contribution is -2.24. The summed E-state index contributed by atoms with van der Waals surface area (Å²) in [4.78, 5) is 33.2. The van der Waals surface area contributed by atoms with Crippen LogP contribution >= 0.6 is 0 Å². The normalized spacial score (nSPS) is 11.9. The zero-order valence-electron chi connectivity index (χ0n) is 21.0. The number of esters is 2. The molecule has 0 aliphatic rings. The molecule has 0 aliphatic carbocycles. The number of ether oxygens (including phenoxy) is 2. The van der Waals surface area contributed by atoms with Crippen LogP contribution in [-0.4, -0.2) is 43.3 Å². The van der Waals surface area contributed by atoms with Crippen molar-refractivity contribution in [2.24, 2.45) is 0 Å². The molecule has 2 aromatic heterocycles. The van der Waals surface area contributed by atoms with Crippen LogP contribution in [0.4, 0.5) is 0 Å². The highest BCUT2D eigenvalue weighted by atomic mass is 16.6. The number of aromatic nitrogens is 2. The molecule has 0 saturated heterocycles. The van der Waals surface area contributed by atoms with Gasteiger partial charge in [0.05, 0.1) is 36.0 Å². The molecular formula is C26H36N2O6. The quantitative estimate of drug-likeness (QED) is 0.531. The summed E-state index contributed by atoms with van der Waals surface area (Å²) in [5.74, 6) is -0.609. The van der Waals surface area contributed by atoms with Gasteiger partial charge in [-0.05, 0) is 89.8 Å². The van der Waals surface area contributed by atoms with E-state index in [2.05, 4.69) is 9.97 Å². The molecule has 0 aliphatic heterocycles. The van der Waals surface area contributed by atoms with Gasteiger partial charge in [0.25, 0.3) is 0 Å². The number of carbonyl (C=O) groups excluding carboxylic acids is 2. The SMILES string of the molecule is CC(C)(C)OC(=O)CCc1cc(CO)nc(-c2cc(CCC(=O)OC(C)(C)C)cc(CO)n2)c1. The van der Waals surface area contributed by atoms with Crippen molar-refractivity contribution in [1.29, 1.82) is 0 Å². The van der Waals surface area contributed by atoms with Crippen LogP contribution in [0.2, 0.25) is 0 Å². The number of nitrogens with zero attached hydrogens (tertiary/aromatic N) is 2. The highest BCUT2D eigenvalue weighted by molar-refractivity contribution is 5.71. The maximum Gasteiger partial charge on any atom is 0.306 e. The number of aliphatic hydroxyl groups is 2. The van der Waals surface area contributed by atoms with Crippen molar-refractivity contribution in [3.8, 4) is 11.4 Å². The average Bonchev–Trinajstić information content (AvgIpc) is 2.73. The summed E-state index contributed by atoms with van der Waals surface area (Å²) in [6, 6.07) is 7.11. The Bertz CT molecular complexity index is 924. The lowest BCUT2D eigenvalue weighted by molar-refractivity contribution is -0.155. The highest BCUT2D eigenvalue weighted by Crippen LogP contribution is 2.22. The van der Waals surface area contributed by atoms with Gasteiger partial charge in [-0.25, -0.2) is 9.97 Å². The zero-order valence-corrected chi connectivity index (χ0v) is 21.0. The first-order valence-corrected chi connectivity index (χ1v) is 11.4. The van der Waals surface area contributed by atoms with E-state index in [1.165, 1.54) is 0 Å². The summed E-state index contributed by atoms with van der Waals surface area (Å²) in [6.45, 7) is 10.4. The summed E-state index contributed by atoms with van der Waals surface area (Å²) in [6.07, 6.45) is 1.22. The summed E-state index contributed by atoms with van der Waals surface area (Å²) < 4.78 is 10.7. The number of aliphatic hydroxyl groups excluding tert-OH is 2. The second kappa shape index (κ2) is 11.5. The average molecular weight is 473 g/mol. The van der Waals surface area contributed by atoms with Gasteiger partial charge in [0.2, 0.25) is 0 Å². The molecule has 8 nitrogen and oxygen atoms in total. The van der Waals surface area contributed by atoms with Gasteiger partial charge >= 0.3 is 11.9 Å². The van der Waals surface area contributed by atoms with Gasteiger partial charge in [-0.2, -0.15) is 0 Å². The fourth-order valence-corrected chi connectivity index (χ4v) is 3.29. The predicted octanol–water partition coefficient (Wildman–Crippen LogP) is 3.68. The predicted molar refractivity (Wildman–Crippen MR) is 128 cm³/mol. The van der Waals surface area contributed by atoms with Crippen LogP contribution in [0.5, 0.6) is 0 Å². The van der Waals surface area contributed by atoms with Gasteiger partial charge in [0.15, 0.2) is 0 Å². The molecular weight excluding hydrogens is 436 g/mol. The minimum Gasteiger partial charge on any atom is -0.460 e. The summed E-state index contributed by atoms with van der Waals surface area (Å²) >= 11 is 0. The fraction of sp³-hybridized carbons (Fsp3) is 0.538. The minimum atomic E-state index is -0.554. The Morgan fingerprint density at radius 3 is 1.35 bits per heavy atom. The van der Waals surface area contributed by atoms with Gasteiger partial charge < -0.3 is 19.7 Å². The van der Waals surface area contributed by atoms with Crippen molar-refractivity contribution < 1.29 is 29.3 Å². The lowest BCUT2D eigenvalue weighted by atomic mass is 10.0. The van der Waals surface area contributed by atoms with Crippen molar-refractivity contribution in [2.75, 3.05) is 0 Å². The van der Waals surface area contributed by atoms with E-state index < -0.39 is 11.2 Å². The number of pyridine rings is 2. The first kappa shape index (κ1) is 27.4. The van der Waals surface area contributed by atoms with E-state index in [0.29, 0.717) is 35.6 Å². The van der Waals surface area contributed by atoms with Crippen LogP contribution in [0.15, 0.2) is 24.3 Å². The Balaban J connectivity index is 2.25. The van der Waals surface area contributed by atoms with Gasteiger partial charge in [0.1, 0.15) is 11.2 Å². The van der Waals surface area contributed by atoms with Crippen LogP contribution in [0, 0.1) is 0 Å². The molecule has 2 N–H and O–H groups in total. The van der Waals surface area contributed by atoms with Crippen LogP contribution in [0.1, 0.15) is 76.9 Å². The number of rotatable bonds is 9. The maximum absolute atomic E-state index is 12.1. The molecule has 0 amide bonds. The Morgan fingerprint density at radius 1 is 0.706 bits per heavy atom. The Morgan fingerprint density at radius 2 is 1.06 bits per heavy atom. The molecule has 34 heavy (non-hydrogen) atoms. The Hall–Kier alpha value is -2.84. The van der Waals surface area contributed by atoms with Crippen molar-refractivity contribution in [2.45, 2.75) is 91.6 Å². The van der Waals surface area contributed by atoms with Gasteiger partial charge in [-0.3, -0.25) is 9.59 Å². The molecule has 2 aromatic rings. The second-order valence-corrected chi connectivity index (χ2v) is 10.2. The molecule has 0 atom stereocenters. The van der Waals surface area contributed by atoms with E-state index in [4.69, 9.17) is 9.47 Å². The fourth-order valence-electron chi connectivity index (χ4n) is 3.29. The third-order valence-corrected chi connectivity index (χ3v) is 4.54. The molecule has 0 radical (unpaired) electrons. The molecule has 0 spiro atoms. The van der Waals surface area contributed by atoms with E-state index in [1.807, 2.05) is 53.7 Å². The van der Waals surface area contributed by atoms with Crippen molar-refractivity contribution in [3.05, 3.63) is 46.8 Å². The maximum atomic E-state index is 12.1. The molecule has 0 fully saturated rings. The van der Waals surface area contributed by atoms with E-state index >= 15 is 0 Å². The molecule has 186 valence electrons. The lowest BCUT2D eigenvalue weighted by Gasteiger charge is -2.19. The Labute approximate surface area is 201 Å². The first-order chi connectivity index (χ1) is 15.8. The van der Waals surface area contributed by atoms with E-state index in [0.717, 1.165) is 11.1 Å². The van der Waals surface area contributed by atoms with Crippen molar-refractivity contribution in [1.82, 2.24) is 9.97 Å². The number of carbonyl (C=O) groups is 2. The van der Waals surface area contributed by atoms with Crippen LogP contribution in [-0.2, 0) is 45.1 Å². The third kappa shape index (κ3) is 9.57. The molecule has 0 unspecified atom stereocenters. The van der Waals surface area contributed by atoms with Crippen LogP contribution in [0.3, 0.4) is 0 Å². The van der Waals surface area contributed by atoms with E-state index in [-0.39, 0.29) is 38.0 Å². The minimum absolute atomic E-state index is 0.191. The second-order valence-electron chi connectivity index (χ2n) is 10.2. The highest BCUT2D eigenvalue weighted by Gasteiger charge is 2.18. The van der Waals surface area contributed by atoms with Gasteiger partial charge in [-0.15, -0.1) is 0 Å². The summed E-state index contributed by atoms with van der Waals surface area (Å²) in [5, 5.41) is 19.4. The molecule has 0 bridgehead atoms. The first-order valence-electron chi connectivity index (χ1n) is 11.4. The van der Waals surface area contributed by atoms with Crippen LogP contribution in [0.25, 0.3) is 11.4 Å². The topological polar surface area (TPSA) is 119 Å². The van der Waals surface area contributed by atoms with E-state index in [1.54, 1.807) is 12.1 Å². The van der Waals surface area contributed by atoms with Crippen LogP contribution < -0.4 is 0 Å². The van der Waals surface area contributed by atoms with Crippen molar-refractivity contribution in [3.63, 3.8) is 0 Å². The summed E-state index contributed by atoms with van der Waals surface area (Å²) in [7, 11) is 0. The molecule has 0 aromatic carbocycles. The van der Waals surface area contributed by atoms with Gasteiger partial charge in [0, 0.05) is 12.8 Å². The molecule has 8 heteroatoms. The standard InChI is InChI=1S/C26H36N2O6/c1-25(2,3)33-23(31)9-7-17-11-19(15-29)27-21(13-17)22-14-18(12-20(16-30)28-22)8-10-24(32)34-26(4,5)6/h11-14,29-30H,7-10,15-16H2,1-6H3. The smallest absolute Gasteiger partial charge is 0.306 e. The third-order valence-electron chi connectivity index (χ3n) is 4.54. The van der Waals surface area contributed by atoms with Crippen molar-refractivity contribution >= 4 is 11.9 Å². The van der Waals surface area contributed by atoms with Gasteiger partial charge in [-0.1, -0.05) is 0 Å². The van der Waals surface area contributed by atoms with E-state index in [9.17, 15) is 19.8 Å². The Kier molecular flexibility index (Phi) is 9.29. The molecule has 2 heterocycles. The largest absolute Gasteiger partial charge is 0.460 e. The number of hydrogen-bond acceptors (Lipinski definition) is 8. The zero-order chi connectivity index (χ0) is 25.5. The summed E-state index contributed by atoms with van der Waals surface area (Å²) in [5.41, 5.74) is 2.44. The number of hydrogen-bond donors (Lipinski definition) is 2. The monoisotopic (exact) mass is 472 g/mol. The molecule has 2 rings (SSSR count). The number of aryl methyl sites for hydroxylation is 2. The molecule has 0 saturated carbocycles.